The number of benzene rings is 1. The summed E-state index contributed by atoms with van der Waals surface area (Å²) in [4.78, 5) is 12.8. The van der Waals surface area contributed by atoms with Gasteiger partial charge in [-0.2, -0.15) is 5.10 Å². The molecule has 1 aromatic rings. The maximum atomic E-state index is 13.0. The SMILES string of the molecule is CC(=O)N(c1ccc(F)cc1)C1(S(N)(=O)=O)NN=C(N)S1. The highest BCUT2D eigenvalue weighted by atomic mass is 32.3. The summed E-state index contributed by atoms with van der Waals surface area (Å²) in [7, 11) is -4.33. The predicted molar refractivity (Wildman–Crippen MR) is 77.7 cm³/mol. The summed E-state index contributed by atoms with van der Waals surface area (Å²) in [5.41, 5.74) is 7.89. The zero-order chi connectivity index (χ0) is 15.8. The lowest BCUT2D eigenvalue weighted by molar-refractivity contribution is -0.117. The van der Waals surface area contributed by atoms with Gasteiger partial charge in [0.05, 0.1) is 0 Å². The molecular formula is C10H12FN5O3S2. The molecule has 2 rings (SSSR count). The second-order valence-electron chi connectivity index (χ2n) is 4.12. The number of hydrogen-bond acceptors (Lipinski definition) is 7. The van der Waals surface area contributed by atoms with Crippen LogP contribution in [-0.2, 0) is 14.8 Å². The monoisotopic (exact) mass is 333 g/mol. The van der Waals surface area contributed by atoms with Crippen molar-refractivity contribution in [1.82, 2.24) is 5.43 Å². The number of nitrogens with zero attached hydrogens (tertiary/aromatic N) is 2. The molecule has 11 heteroatoms. The van der Waals surface area contributed by atoms with Crippen LogP contribution in [0.4, 0.5) is 10.1 Å². The number of hydrazone groups is 1. The predicted octanol–water partition coefficient (Wildman–Crippen LogP) is -0.355. The fourth-order valence-electron chi connectivity index (χ4n) is 1.81. The van der Waals surface area contributed by atoms with Crippen LogP contribution in [-0.4, -0.2) is 23.8 Å². The van der Waals surface area contributed by atoms with Gasteiger partial charge in [-0.1, -0.05) is 0 Å². The Kier molecular flexibility index (Phi) is 3.82. The van der Waals surface area contributed by atoms with E-state index in [-0.39, 0.29) is 10.9 Å². The van der Waals surface area contributed by atoms with Crippen LogP contribution >= 0.6 is 11.8 Å². The van der Waals surface area contributed by atoms with E-state index in [4.69, 9.17) is 10.9 Å². The second kappa shape index (κ2) is 5.16. The van der Waals surface area contributed by atoms with E-state index in [1.54, 1.807) is 0 Å². The van der Waals surface area contributed by atoms with Crippen LogP contribution in [0.1, 0.15) is 6.92 Å². The van der Waals surface area contributed by atoms with Gasteiger partial charge in [0.15, 0.2) is 5.17 Å². The number of hydrogen-bond donors (Lipinski definition) is 3. The fourth-order valence-corrected chi connectivity index (χ4v) is 3.98. The summed E-state index contributed by atoms with van der Waals surface area (Å²) in [6.45, 7) is 1.15. The number of rotatable bonds is 3. The first-order chi connectivity index (χ1) is 9.67. The number of thioether (sulfide) groups is 1. The molecule has 8 nitrogen and oxygen atoms in total. The van der Waals surface area contributed by atoms with E-state index >= 15 is 0 Å². The van der Waals surface area contributed by atoms with Gasteiger partial charge in [0, 0.05) is 12.6 Å². The molecule has 1 aliphatic rings. The Labute approximate surface area is 124 Å². The van der Waals surface area contributed by atoms with Crippen molar-refractivity contribution in [3.05, 3.63) is 30.1 Å². The van der Waals surface area contributed by atoms with Crippen molar-refractivity contribution in [3.8, 4) is 0 Å². The van der Waals surface area contributed by atoms with Crippen LogP contribution in [0, 0.1) is 5.82 Å². The van der Waals surface area contributed by atoms with E-state index in [1.165, 1.54) is 12.1 Å². The molecule has 114 valence electrons. The van der Waals surface area contributed by atoms with Gasteiger partial charge in [0.25, 0.3) is 10.0 Å². The van der Waals surface area contributed by atoms with E-state index in [0.717, 1.165) is 24.0 Å². The number of nitrogens with two attached hydrogens (primary N) is 2. The summed E-state index contributed by atoms with van der Waals surface area (Å²) in [6.07, 6.45) is 0. The minimum atomic E-state index is -4.33. The number of carbonyl (C=O) groups excluding carboxylic acids is 1. The molecule has 0 saturated heterocycles. The minimum absolute atomic E-state index is 0.0996. The number of amides is 1. The van der Waals surface area contributed by atoms with Crippen LogP contribution < -0.4 is 21.2 Å². The topological polar surface area (TPSA) is 131 Å². The van der Waals surface area contributed by atoms with Crippen LogP contribution in [0.3, 0.4) is 0 Å². The van der Waals surface area contributed by atoms with Crippen molar-refractivity contribution in [2.75, 3.05) is 4.90 Å². The van der Waals surface area contributed by atoms with E-state index in [2.05, 4.69) is 10.5 Å². The molecule has 0 aromatic heterocycles. The molecule has 5 N–H and O–H groups in total. The third-order valence-electron chi connectivity index (χ3n) is 2.63. The summed E-state index contributed by atoms with van der Waals surface area (Å²) in [5, 5.41) is 8.72. The number of amidine groups is 1. The molecule has 0 saturated carbocycles. The summed E-state index contributed by atoms with van der Waals surface area (Å²) >= 11 is 0.570. The largest absolute Gasteiger partial charge is 0.377 e. The standard InChI is InChI=1S/C10H12FN5O3S2/c1-6(17)16(8-4-2-7(11)3-5-8)10(21(13,18)19)15-14-9(12)20-10/h2-5,15H,1H3,(H2,12,14)(H2,13,18,19). The van der Waals surface area contributed by atoms with E-state index in [9.17, 15) is 17.6 Å². The van der Waals surface area contributed by atoms with E-state index < -0.39 is 26.1 Å². The maximum Gasteiger partial charge on any atom is 0.306 e. The van der Waals surface area contributed by atoms with Gasteiger partial charge in [-0.3, -0.25) is 15.1 Å². The summed E-state index contributed by atoms with van der Waals surface area (Å²) in [5.74, 6) is -1.17. The Morgan fingerprint density at radius 1 is 1.43 bits per heavy atom. The molecule has 1 amide bonds. The third kappa shape index (κ3) is 2.66. The van der Waals surface area contributed by atoms with Crippen LogP contribution in [0.5, 0.6) is 0 Å². The average Bonchev–Trinajstić information content (AvgIpc) is 2.74. The lowest BCUT2D eigenvalue weighted by Crippen LogP contribution is -2.62. The van der Waals surface area contributed by atoms with Crippen molar-refractivity contribution in [2.45, 2.75) is 11.3 Å². The first-order valence-corrected chi connectivity index (χ1v) is 7.92. The van der Waals surface area contributed by atoms with Gasteiger partial charge in [-0.05, 0) is 36.0 Å². The highest BCUT2D eigenvalue weighted by molar-refractivity contribution is 8.23. The van der Waals surface area contributed by atoms with Gasteiger partial charge in [0.2, 0.25) is 5.91 Å². The Morgan fingerprint density at radius 3 is 2.38 bits per heavy atom. The Morgan fingerprint density at radius 2 is 2.00 bits per heavy atom. The molecule has 0 radical (unpaired) electrons. The number of nitrogens with one attached hydrogen (secondary N) is 1. The number of sulfonamides is 1. The second-order valence-corrected chi connectivity index (χ2v) is 7.27. The molecule has 1 heterocycles. The zero-order valence-corrected chi connectivity index (χ0v) is 12.4. The average molecular weight is 333 g/mol. The Hall–Kier alpha value is -1.85. The van der Waals surface area contributed by atoms with Crippen molar-refractivity contribution < 1.29 is 17.6 Å². The lowest BCUT2D eigenvalue weighted by Gasteiger charge is -2.36. The van der Waals surface area contributed by atoms with E-state index in [1.807, 2.05) is 0 Å². The van der Waals surface area contributed by atoms with E-state index in [0.29, 0.717) is 11.8 Å². The minimum Gasteiger partial charge on any atom is -0.377 e. The van der Waals surface area contributed by atoms with Crippen LogP contribution in [0.25, 0.3) is 0 Å². The van der Waals surface area contributed by atoms with Gasteiger partial charge >= 0.3 is 4.33 Å². The number of halogens is 1. The van der Waals surface area contributed by atoms with Gasteiger partial charge in [-0.25, -0.2) is 17.9 Å². The summed E-state index contributed by atoms with van der Waals surface area (Å²) in [6, 6.07) is 4.68. The molecule has 1 unspecified atom stereocenters. The number of carbonyl (C=O) groups is 1. The third-order valence-corrected chi connectivity index (χ3v) is 5.47. The van der Waals surface area contributed by atoms with Gasteiger partial charge in [0.1, 0.15) is 5.82 Å². The zero-order valence-electron chi connectivity index (χ0n) is 10.8. The molecule has 0 bridgehead atoms. The first-order valence-electron chi connectivity index (χ1n) is 5.55. The molecule has 1 aromatic carbocycles. The first kappa shape index (κ1) is 15.5. The summed E-state index contributed by atoms with van der Waals surface area (Å²) < 4.78 is 34.9. The van der Waals surface area contributed by atoms with Crippen LogP contribution in [0.2, 0.25) is 0 Å². The van der Waals surface area contributed by atoms with Crippen molar-refractivity contribution in [2.24, 2.45) is 16.0 Å². The maximum absolute atomic E-state index is 13.0. The number of primary sulfonamides is 1. The van der Waals surface area contributed by atoms with Crippen molar-refractivity contribution in [1.29, 1.82) is 0 Å². The number of anilines is 1. The quantitative estimate of drug-likeness (QED) is 0.692. The lowest BCUT2D eigenvalue weighted by atomic mass is 10.3. The highest BCUT2D eigenvalue weighted by Gasteiger charge is 2.54. The Bertz CT molecular complexity index is 706. The van der Waals surface area contributed by atoms with Crippen molar-refractivity contribution in [3.63, 3.8) is 0 Å². The molecule has 0 aliphatic carbocycles. The van der Waals surface area contributed by atoms with Gasteiger partial charge < -0.3 is 5.73 Å². The fraction of sp³-hybridized carbons (Fsp3) is 0.200. The normalized spacial score (nSPS) is 21.6. The molecular weight excluding hydrogens is 321 g/mol. The van der Waals surface area contributed by atoms with Gasteiger partial charge in [-0.15, -0.1) is 0 Å². The molecule has 0 fully saturated rings. The molecule has 21 heavy (non-hydrogen) atoms. The molecule has 1 aliphatic heterocycles. The van der Waals surface area contributed by atoms with Crippen molar-refractivity contribution >= 4 is 38.5 Å². The highest BCUT2D eigenvalue weighted by Crippen LogP contribution is 2.38. The Balaban J connectivity index is 2.59. The van der Waals surface area contributed by atoms with Crippen LogP contribution in [0.15, 0.2) is 29.4 Å². The molecule has 1 atom stereocenters. The molecule has 0 spiro atoms. The smallest absolute Gasteiger partial charge is 0.306 e.